The fourth-order valence-corrected chi connectivity index (χ4v) is 1.79. The molecule has 0 atom stereocenters. The third-order valence-electron chi connectivity index (χ3n) is 2.27. The molecule has 0 radical (unpaired) electrons. The first-order valence-corrected chi connectivity index (χ1v) is 5.00. The van der Waals surface area contributed by atoms with Crippen LogP contribution in [0.3, 0.4) is 0 Å². The van der Waals surface area contributed by atoms with Crippen LogP contribution in [0.2, 0.25) is 5.02 Å². The summed E-state index contributed by atoms with van der Waals surface area (Å²) in [5.74, 6) is 0. The number of benzene rings is 1. The molecule has 0 fully saturated rings. The van der Waals surface area contributed by atoms with E-state index in [1.165, 1.54) is 0 Å². The smallest absolute Gasteiger partial charge is 0.248 e. The van der Waals surface area contributed by atoms with Crippen LogP contribution in [0.5, 0.6) is 0 Å². The van der Waals surface area contributed by atoms with E-state index in [1.807, 2.05) is 31.2 Å². The number of pyridine rings is 1. The Morgan fingerprint density at radius 1 is 1.20 bits per heavy atom. The topological polar surface area (TPSA) is 32.9 Å². The van der Waals surface area contributed by atoms with Crippen molar-refractivity contribution in [2.75, 3.05) is 0 Å². The van der Waals surface area contributed by atoms with Crippen LogP contribution in [0.1, 0.15) is 5.56 Å². The van der Waals surface area contributed by atoms with Gasteiger partial charge in [-0.25, -0.2) is 0 Å². The average Bonchev–Trinajstić information content (AvgIpc) is 2.17. The Bertz CT molecular complexity index is 545. The minimum absolute atomic E-state index is 0.0955. The third kappa shape index (κ3) is 2.10. The summed E-state index contributed by atoms with van der Waals surface area (Å²) in [6.45, 7) is 1.97. The van der Waals surface area contributed by atoms with Gasteiger partial charge < -0.3 is 4.98 Å². The highest BCUT2D eigenvalue weighted by molar-refractivity contribution is 6.30. The molecule has 0 saturated heterocycles. The maximum Gasteiger partial charge on any atom is 0.248 e. The van der Waals surface area contributed by atoms with Gasteiger partial charge in [-0.1, -0.05) is 17.7 Å². The Balaban J connectivity index is 2.59. The van der Waals surface area contributed by atoms with Crippen LogP contribution in [-0.2, 0) is 0 Å². The number of hydrogen-bond donors (Lipinski definition) is 1. The summed E-state index contributed by atoms with van der Waals surface area (Å²) in [4.78, 5) is 13.8. The van der Waals surface area contributed by atoms with E-state index in [4.69, 9.17) is 11.6 Å². The lowest BCUT2D eigenvalue weighted by atomic mass is 10.0. The van der Waals surface area contributed by atoms with Gasteiger partial charge >= 0.3 is 0 Å². The van der Waals surface area contributed by atoms with Crippen LogP contribution in [-0.4, -0.2) is 4.98 Å². The molecule has 2 aromatic rings. The van der Waals surface area contributed by atoms with Crippen molar-refractivity contribution in [3.05, 3.63) is 57.5 Å². The summed E-state index contributed by atoms with van der Waals surface area (Å²) in [7, 11) is 0. The molecule has 1 N–H and O–H groups in total. The molecule has 0 spiro atoms. The molecule has 0 bridgehead atoms. The van der Waals surface area contributed by atoms with Gasteiger partial charge in [-0.2, -0.15) is 0 Å². The molecule has 3 heteroatoms. The number of nitrogens with one attached hydrogen (secondary N) is 1. The highest BCUT2D eigenvalue weighted by Gasteiger charge is 2.02. The largest absolute Gasteiger partial charge is 0.329 e. The molecular formula is C12H10ClNO. The van der Waals surface area contributed by atoms with Gasteiger partial charge in [-0.05, 0) is 41.8 Å². The zero-order valence-corrected chi connectivity index (χ0v) is 9.01. The second kappa shape index (κ2) is 3.91. The Morgan fingerprint density at radius 2 is 2.00 bits per heavy atom. The lowest BCUT2D eigenvalue weighted by molar-refractivity contribution is 1.24. The number of aryl methyl sites for hydroxylation is 1. The van der Waals surface area contributed by atoms with E-state index in [1.54, 1.807) is 12.3 Å². The van der Waals surface area contributed by atoms with Crippen LogP contribution in [0, 0.1) is 6.92 Å². The molecule has 0 aliphatic carbocycles. The Kier molecular flexibility index (Phi) is 2.60. The van der Waals surface area contributed by atoms with Crippen molar-refractivity contribution < 1.29 is 0 Å². The fourth-order valence-electron chi connectivity index (χ4n) is 1.56. The molecule has 0 amide bonds. The molecule has 1 heterocycles. The first-order chi connectivity index (χ1) is 7.16. The Hall–Kier alpha value is -1.54. The second-order valence-electron chi connectivity index (χ2n) is 3.40. The normalized spacial score (nSPS) is 10.3. The molecule has 0 aliphatic rings. The molecule has 1 aromatic carbocycles. The van der Waals surface area contributed by atoms with Crippen LogP contribution < -0.4 is 5.56 Å². The first-order valence-electron chi connectivity index (χ1n) is 4.62. The molecule has 15 heavy (non-hydrogen) atoms. The van der Waals surface area contributed by atoms with Crippen LogP contribution in [0.15, 0.2) is 41.3 Å². The van der Waals surface area contributed by atoms with E-state index in [-0.39, 0.29) is 5.56 Å². The predicted octanol–water partition coefficient (Wildman–Crippen LogP) is 3.00. The molecule has 0 saturated carbocycles. The van der Waals surface area contributed by atoms with Gasteiger partial charge in [0.25, 0.3) is 0 Å². The molecule has 2 rings (SSSR count). The minimum atomic E-state index is -0.0955. The average molecular weight is 220 g/mol. The zero-order chi connectivity index (χ0) is 10.8. The van der Waals surface area contributed by atoms with Crippen molar-refractivity contribution in [1.29, 1.82) is 0 Å². The highest BCUT2D eigenvalue weighted by atomic mass is 35.5. The van der Waals surface area contributed by atoms with Gasteiger partial charge in [0.2, 0.25) is 5.56 Å². The molecule has 1 aromatic heterocycles. The zero-order valence-electron chi connectivity index (χ0n) is 8.25. The van der Waals surface area contributed by atoms with Crippen molar-refractivity contribution in [1.82, 2.24) is 4.98 Å². The third-order valence-corrected chi connectivity index (χ3v) is 2.51. The van der Waals surface area contributed by atoms with E-state index in [9.17, 15) is 4.79 Å². The van der Waals surface area contributed by atoms with E-state index < -0.39 is 0 Å². The van der Waals surface area contributed by atoms with Crippen molar-refractivity contribution in [3.8, 4) is 11.1 Å². The SMILES string of the molecule is Cc1cc(Cl)ccc1-c1cc[nH]c(=O)c1. The van der Waals surface area contributed by atoms with Gasteiger partial charge in [-0.15, -0.1) is 0 Å². The predicted molar refractivity (Wildman–Crippen MR) is 62.2 cm³/mol. The maximum atomic E-state index is 11.2. The van der Waals surface area contributed by atoms with Gasteiger partial charge in [0.1, 0.15) is 0 Å². The summed E-state index contributed by atoms with van der Waals surface area (Å²) in [5.41, 5.74) is 2.91. The Morgan fingerprint density at radius 3 is 2.67 bits per heavy atom. The molecule has 2 nitrogen and oxygen atoms in total. The van der Waals surface area contributed by atoms with Gasteiger partial charge in [0.05, 0.1) is 0 Å². The number of aromatic amines is 1. The van der Waals surface area contributed by atoms with Gasteiger partial charge in [0, 0.05) is 17.3 Å². The number of rotatable bonds is 1. The van der Waals surface area contributed by atoms with Crippen molar-refractivity contribution in [2.45, 2.75) is 6.92 Å². The van der Waals surface area contributed by atoms with Crippen LogP contribution in [0.4, 0.5) is 0 Å². The summed E-state index contributed by atoms with van der Waals surface area (Å²) in [6, 6.07) is 9.09. The molecule has 0 aliphatic heterocycles. The summed E-state index contributed by atoms with van der Waals surface area (Å²) in [6.07, 6.45) is 1.64. The number of H-pyrrole nitrogens is 1. The van der Waals surface area contributed by atoms with Crippen molar-refractivity contribution in [2.24, 2.45) is 0 Å². The standard InChI is InChI=1S/C12H10ClNO/c1-8-6-10(13)2-3-11(8)9-4-5-14-12(15)7-9/h2-7H,1H3,(H,14,15). The molecule has 76 valence electrons. The number of hydrogen-bond acceptors (Lipinski definition) is 1. The van der Waals surface area contributed by atoms with Crippen LogP contribution >= 0.6 is 11.6 Å². The van der Waals surface area contributed by atoms with E-state index >= 15 is 0 Å². The molecule has 0 unspecified atom stereocenters. The fraction of sp³-hybridized carbons (Fsp3) is 0.0833. The quantitative estimate of drug-likeness (QED) is 0.786. The Labute approximate surface area is 92.5 Å². The second-order valence-corrected chi connectivity index (χ2v) is 3.84. The molecular weight excluding hydrogens is 210 g/mol. The van der Waals surface area contributed by atoms with Gasteiger partial charge in [0.15, 0.2) is 0 Å². The summed E-state index contributed by atoms with van der Waals surface area (Å²) >= 11 is 5.87. The van der Waals surface area contributed by atoms with Crippen molar-refractivity contribution >= 4 is 11.6 Å². The number of aromatic nitrogens is 1. The number of halogens is 1. The summed E-state index contributed by atoms with van der Waals surface area (Å²) in [5, 5.41) is 0.709. The van der Waals surface area contributed by atoms with E-state index in [2.05, 4.69) is 4.98 Å². The van der Waals surface area contributed by atoms with E-state index in [0.29, 0.717) is 5.02 Å². The summed E-state index contributed by atoms with van der Waals surface area (Å²) < 4.78 is 0. The van der Waals surface area contributed by atoms with Gasteiger partial charge in [-0.3, -0.25) is 4.79 Å². The maximum absolute atomic E-state index is 11.2. The lowest BCUT2D eigenvalue weighted by Gasteiger charge is -2.05. The van der Waals surface area contributed by atoms with E-state index in [0.717, 1.165) is 16.7 Å². The first kappa shape index (κ1) is 9.99. The monoisotopic (exact) mass is 219 g/mol. The van der Waals surface area contributed by atoms with Crippen molar-refractivity contribution in [3.63, 3.8) is 0 Å². The highest BCUT2D eigenvalue weighted by Crippen LogP contribution is 2.24. The minimum Gasteiger partial charge on any atom is -0.329 e. The van der Waals surface area contributed by atoms with Crippen LogP contribution in [0.25, 0.3) is 11.1 Å². The lowest BCUT2D eigenvalue weighted by Crippen LogP contribution is -2.02.